The van der Waals surface area contributed by atoms with Crippen molar-refractivity contribution >= 4 is 28.8 Å². The number of nitrogens with zero attached hydrogens (tertiary/aromatic N) is 2. The highest BCUT2D eigenvalue weighted by molar-refractivity contribution is 7.91. The number of ether oxygens (including phenoxy) is 3. The molecule has 31 heavy (non-hydrogen) atoms. The Bertz CT molecular complexity index is 1150. The van der Waals surface area contributed by atoms with Crippen LogP contribution in [0.25, 0.3) is 10.9 Å². The van der Waals surface area contributed by atoms with Crippen LogP contribution in [0.15, 0.2) is 58.5 Å². The quantitative estimate of drug-likeness (QED) is 0.370. The average Bonchev–Trinajstić information content (AvgIpc) is 3.39. The molecule has 0 amide bonds. The first-order valence-corrected chi connectivity index (χ1v) is 15.6. The normalized spacial score (nSPS) is 15.7. The summed E-state index contributed by atoms with van der Waals surface area (Å²) in [7, 11) is -5.02. The Morgan fingerprint density at radius 3 is 2.48 bits per heavy atom. The molecule has 0 saturated carbocycles. The van der Waals surface area contributed by atoms with Crippen LogP contribution in [0.4, 0.5) is 0 Å². The van der Waals surface area contributed by atoms with Gasteiger partial charge in [0.25, 0.3) is 0 Å². The number of rotatable bonds is 8. The van der Waals surface area contributed by atoms with E-state index >= 15 is 0 Å². The highest BCUT2D eigenvalue weighted by Crippen LogP contribution is 2.32. The highest BCUT2D eigenvalue weighted by atomic mass is 32.2. The molecular weight excluding hydrogens is 432 g/mol. The summed E-state index contributed by atoms with van der Waals surface area (Å²) < 4.78 is 45.4. The van der Waals surface area contributed by atoms with Crippen molar-refractivity contribution in [3.05, 3.63) is 54.1 Å². The van der Waals surface area contributed by atoms with Gasteiger partial charge in [-0.1, -0.05) is 43.9 Å². The Morgan fingerprint density at radius 2 is 1.81 bits per heavy atom. The molecule has 0 bridgehead atoms. The Morgan fingerprint density at radius 1 is 1.10 bits per heavy atom. The molecule has 166 valence electrons. The van der Waals surface area contributed by atoms with Crippen molar-refractivity contribution in [2.75, 3.05) is 19.8 Å². The van der Waals surface area contributed by atoms with Crippen LogP contribution in [-0.4, -0.2) is 46.1 Å². The molecule has 1 aromatic heterocycles. The van der Waals surface area contributed by atoms with Crippen LogP contribution in [0.1, 0.15) is 11.9 Å². The molecule has 0 aliphatic carbocycles. The molecule has 1 fully saturated rings. The van der Waals surface area contributed by atoms with E-state index in [0.29, 0.717) is 30.7 Å². The maximum Gasteiger partial charge on any atom is 0.226 e. The number of sulfone groups is 1. The summed E-state index contributed by atoms with van der Waals surface area (Å²) in [5.41, 5.74) is 1.47. The summed E-state index contributed by atoms with van der Waals surface area (Å²) in [6, 6.07) is 14.9. The third kappa shape index (κ3) is 4.91. The summed E-state index contributed by atoms with van der Waals surface area (Å²) in [4.78, 5) is 0.208. The lowest BCUT2D eigenvalue weighted by Gasteiger charge is -2.15. The van der Waals surface area contributed by atoms with Crippen molar-refractivity contribution < 1.29 is 22.6 Å². The van der Waals surface area contributed by atoms with Crippen molar-refractivity contribution in [2.45, 2.75) is 48.6 Å². The van der Waals surface area contributed by atoms with Gasteiger partial charge in [0.2, 0.25) is 9.84 Å². The molecule has 0 unspecified atom stereocenters. The van der Waals surface area contributed by atoms with Crippen LogP contribution < -0.4 is 0 Å². The largest absolute Gasteiger partial charge is 0.360 e. The summed E-state index contributed by atoms with van der Waals surface area (Å²) in [5, 5.41) is 5.02. The topological polar surface area (TPSA) is 79.7 Å². The number of aromatic nitrogens is 2. The lowest BCUT2D eigenvalue weighted by atomic mass is 10.1. The molecule has 0 spiro atoms. The molecule has 2 aromatic carbocycles. The second-order valence-electron chi connectivity index (χ2n) is 8.82. The Labute approximate surface area is 183 Å². The fraction of sp³-hybridized carbons (Fsp3) is 0.409. The van der Waals surface area contributed by atoms with Crippen LogP contribution in [-0.2, 0) is 30.8 Å². The third-order valence-electron chi connectivity index (χ3n) is 5.15. The van der Waals surface area contributed by atoms with Crippen LogP contribution in [0, 0.1) is 0 Å². The summed E-state index contributed by atoms with van der Waals surface area (Å²) in [6.07, 6.45) is -0.493. The Hall–Kier alpha value is -2.04. The van der Waals surface area contributed by atoms with Gasteiger partial charge in [0.15, 0.2) is 11.3 Å². The summed E-state index contributed by atoms with van der Waals surface area (Å²) in [5.74, 6) is 0. The van der Waals surface area contributed by atoms with Gasteiger partial charge in [-0.25, -0.2) is 13.1 Å². The molecular formula is C22H28N2O5SSi. The predicted molar refractivity (Wildman–Crippen MR) is 120 cm³/mol. The monoisotopic (exact) mass is 460 g/mol. The lowest BCUT2D eigenvalue weighted by molar-refractivity contribution is -0.0440. The van der Waals surface area contributed by atoms with Crippen molar-refractivity contribution in [3.63, 3.8) is 0 Å². The van der Waals surface area contributed by atoms with Crippen LogP contribution in [0.2, 0.25) is 25.7 Å². The first-order chi connectivity index (χ1) is 14.8. The van der Waals surface area contributed by atoms with E-state index in [1.165, 1.54) is 0 Å². The van der Waals surface area contributed by atoms with Gasteiger partial charge in [-0.05, 0) is 30.3 Å². The highest BCUT2D eigenvalue weighted by Gasteiger charge is 2.27. The van der Waals surface area contributed by atoms with Gasteiger partial charge in [-0.2, -0.15) is 5.10 Å². The number of hydrogen-bond acceptors (Lipinski definition) is 6. The van der Waals surface area contributed by atoms with Crippen LogP contribution >= 0.6 is 0 Å². The second kappa shape index (κ2) is 8.83. The maximum absolute atomic E-state index is 13.4. The zero-order valence-corrected chi connectivity index (χ0v) is 19.9. The first kappa shape index (κ1) is 22.2. The van der Waals surface area contributed by atoms with Crippen molar-refractivity contribution in [1.82, 2.24) is 9.78 Å². The smallest absolute Gasteiger partial charge is 0.226 e. The van der Waals surface area contributed by atoms with Gasteiger partial charge in [0, 0.05) is 25.6 Å². The van der Waals surface area contributed by atoms with Gasteiger partial charge < -0.3 is 14.2 Å². The van der Waals surface area contributed by atoms with E-state index < -0.39 is 24.2 Å². The van der Waals surface area contributed by atoms with Gasteiger partial charge >= 0.3 is 0 Å². The SMILES string of the molecule is C[Si](C)(C)CCOCn1nc(S(=O)(=O)c2ccccc2)c2cc(C3OCCO3)ccc21. The van der Waals surface area contributed by atoms with E-state index in [1.807, 2.05) is 12.1 Å². The molecule has 4 rings (SSSR count). The molecule has 3 aromatic rings. The van der Waals surface area contributed by atoms with E-state index in [-0.39, 0.29) is 16.7 Å². The van der Waals surface area contributed by atoms with E-state index in [9.17, 15) is 8.42 Å². The summed E-state index contributed by atoms with van der Waals surface area (Å²) >= 11 is 0. The molecule has 0 N–H and O–H groups in total. The van der Waals surface area contributed by atoms with E-state index in [0.717, 1.165) is 11.6 Å². The number of fused-ring (bicyclic) bond motifs is 1. The van der Waals surface area contributed by atoms with Crippen LogP contribution in [0.3, 0.4) is 0 Å². The molecule has 1 saturated heterocycles. The lowest BCUT2D eigenvalue weighted by Crippen LogP contribution is -2.22. The van der Waals surface area contributed by atoms with Crippen molar-refractivity contribution in [2.24, 2.45) is 0 Å². The molecule has 7 nitrogen and oxygen atoms in total. The molecule has 2 heterocycles. The second-order valence-corrected chi connectivity index (χ2v) is 16.3. The Balaban J connectivity index is 1.73. The molecule has 0 atom stereocenters. The number of benzene rings is 2. The minimum atomic E-state index is -3.80. The fourth-order valence-electron chi connectivity index (χ4n) is 3.40. The van der Waals surface area contributed by atoms with Crippen molar-refractivity contribution in [3.8, 4) is 0 Å². The van der Waals surface area contributed by atoms with E-state index in [2.05, 4.69) is 24.7 Å². The predicted octanol–water partition coefficient (Wildman–Crippen LogP) is 4.23. The van der Waals surface area contributed by atoms with Gasteiger partial charge in [-0.3, -0.25) is 0 Å². The Kier molecular flexibility index (Phi) is 6.31. The standard InChI is InChI=1S/C22H28N2O5SSi/c1-31(2,3)14-13-27-16-24-20-10-9-17(22-28-11-12-29-22)15-19(20)21(23-24)30(25,26)18-7-5-4-6-8-18/h4-10,15,22H,11-14,16H2,1-3H3. The van der Waals surface area contributed by atoms with Gasteiger partial charge in [0.05, 0.1) is 23.6 Å². The maximum atomic E-state index is 13.4. The minimum absolute atomic E-state index is 0.0161. The molecule has 0 radical (unpaired) electrons. The van der Waals surface area contributed by atoms with Gasteiger partial charge in [0.1, 0.15) is 6.73 Å². The molecule has 1 aliphatic rings. The van der Waals surface area contributed by atoms with E-state index in [1.54, 1.807) is 41.1 Å². The van der Waals surface area contributed by atoms with Crippen molar-refractivity contribution in [1.29, 1.82) is 0 Å². The minimum Gasteiger partial charge on any atom is -0.360 e. The average molecular weight is 461 g/mol. The first-order valence-electron chi connectivity index (χ1n) is 10.4. The zero-order valence-electron chi connectivity index (χ0n) is 18.1. The number of hydrogen-bond donors (Lipinski definition) is 0. The summed E-state index contributed by atoms with van der Waals surface area (Å²) in [6.45, 7) is 8.72. The van der Waals surface area contributed by atoms with E-state index in [4.69, 9.17) is 14.2 Å². The van der Waals surface area contributed by atoms with Gasteiger partial charge in [-0.15, -0.1) is 0 Å². The molecule has 9 heteroatoms. The zero-order chi connectivity index (χ0) is 22.1. The fourth-order valence-corrected chi connectivity index (χ4v) is 5.56. The third-order valence-corrected chi connectivity index (χ3v) is 8.56. The van der Waals surface area contributed by atoms with Crippen LogP contribution in [0.5, 0.6) is 0 Å². The molecule has 1 aliphatic heterocycles.